The summed E-state index contributed by atoms with van der Waals surface area (Å²) >= 11 is 0. The Hall–Kier alpha value is -3.08. The lowest BCUT2D eigenvalue weighted by molar-refractivity contribution is 0.0683. The molecule has 1 unspecified atom stereocenters. The van der Waals surface area contributed by atoms with E-state index in [9.17, 15) is 9.59 Å². The van der Waals surface area contributed by atoms with E-state index < -0.39 is 0 Å². The van der Waals surface area contributed by atoms with E-state index >= 15 is 0 Å². The number of hydrogen-bond acceptors (Lipinski definition) is 3. The van der Waals surface area contributed by atoms with Gasteiger partial charge in [-0.3, -0.25) is 9.59 Å². The fourth-order valence-corrected chi connectivity index (χ4v) is 4.94. The molecule has 0 saturated carbocycles. The first-order valence-corrected chi connectivity index (χ1v) is 10.9. The normalized spacial score (nSPS) is 19.0. The molecule has 1 atom stereocenters. The molecule has 5 nitrogen and oxygen atoms in total. The monoisotopic (exact) mass is 401 g/mol. The van der Waals surface area contributed by atoms with Crippen molar-refractivity contribution in [1.29, 1.82) is 0 Å². The maximum Gasteiger partial charge on any atom is 0.253 e. The van der Waals surface area contributed by atoms with Crippen LogP contribution in [0.1, 0.15) is 41.3 Å². The van der Waals surface area contributed by atoms with Gasteiger partial charge in [0.05, 0.1) is 0 Å². The second-order valence-electron chi connectivity index (χ2n) is 8.69. The number of likely N-dealkylation sites (tertiary alicyclic amines) is 1. The van der Waals surface area contributed by atoms with Crippen molar-refractivity contribution in [2.24, 2.45) is 5.92 Å². The van der Waals surface area contributed by atoms with Crippen molar-refractivity contribution in [3.05, 3.63) is 75.7 Å². The molecule has 30 heavy (non-hydrogen) atoms. The predicted octanol–water partition coefficient (Wildman–Crippen LogP) is 3.96. The number of fused-ring (bicyclic) bond motifs is 2. The highest BCUT2D eigenvalue weighted by Crippen LogP contribution is 2.31. The number of amides is 1. The Kier molecular flexibility index (Phi) is 4.81. The molecule has 1 saturated heterocycles. The number of H-pyrrole nitrogens is 1. The van der Waals surface area contributed by atoms with Gasteiger partial charge in [0.15, 0.2) is 0 Å². The lowest BCUT2D eigenvalue weighted by Gasteiger charge is -2.32. The zero-order chi connectivity index (χ0) is 20.7. The highest BCUT2D eigenvalue weighted by atomic mass is 16.2. The molecule has 3 heterocycles. The van der Waals surface area contributed by atoms with Crippen LogP contribution >= 0.6 is 0 Å². The van der Waals surface area contributed by atoms with Gasteiger partial charge in [0.25, 0.3) is 11.5 Å². The first-order chi connectivity index (χ1) is 14.6. The molecule has 0 spiro atoms. The number of aromatic amines is 1. The van der Waals surface area contributed by atoms with Gasteiger partial charge >= 0.3 is 0 Å². The number of benzene rings is 2. The van der Waals surface area contributed by atoms with E-state index in [4.69, 9.17) is 0 Å². The molecule has 2 aliphatic heterocycles. The van der Waals surface area contributed by atoms with Gasteiger partial charge in [-0.15, -0.1) is 0 Å². The number of hydrogen-bond donors (Lipinski definition) is 1. The van der Waals surface area contributed by atoms with Crippen molar-refractivity contribution >= 4 is 22.4 Å². The van der Waals surface area contributed by atoms with Gasteiger partial charge in [-0.2, -0.15) is 0 Å². The minimum Gasteiger partial charge on any atom is -0.366 e. The molecule has 2 aliphatic rings. The molecule has 1 aromatic heterocycles. The zero-order valence-electron chi connectivity index (χ0n) is 17.4. The van der Waals surface area contributed by atoms with Crippen molar-refractivity contribution in [1.82, 2.24) is 9.88 Å². The number of pyridine rings is 1. The SMILES string of the molecule is CC1CCCN(C(=O)c2ccc3c(N4CCc5c(cc[nH]c5=O)C4)cccc3c2)C1. The molecule has 5 heteroatoms. The summed E-state index contributed by atoms with van der Waals surface area (Å²) in [7, 11) is 0. The number of aromatic nitrogens is 1. The average Bonchev–Trinajstić information content (AvgIpc) is 2.78. The van der Waals surface area contributed by atoms with E-state index in [1.807, 2.05) is 23.1 Å². The summed E-state index contributed by atoms with van der Waals surface area (Å²) in [5.74, 6) is 0.712. The lowest BCUT2D eigenvalue weighted by Crippen LogP contribution is -2.39. The predicted molar refractivity (Wildman–Crippen MR) is 120 cm³/mol. The van der Waals surface area contributed by atoms with E-state index in [1.54, 1.807) is 6.20 Å². The van der Waals surface area contributed by atoms with Gasteiger partial charge in [0, 0.05) is 54.6 Å². The number of piperidine rings is 1. The molecule has 2 aromatic carbocycles. The van der Waals surface area contributed by atoms with Crippen LogP contribution < -0.4 is 10.5 Å². The Bertz CT molecular complexity index is 1170. The Balaban J connectivity index is 1.45. The average molecular weight is 402 g/mol. The second kappa shape index (κ2) is 7.63. The summed E-state index contributed by atoms with van der Waals surface area (Å²) in [5.41, 5.74) is 3.94. The van der Waals surface area contributed by atoms with Crippen LogP contribution in [-0.2, 0) is 13.0 Å². The molecular formula is C25H27N3O2. The largest absolute Gasteiger partial charge is 0.366 e. The van der Waals surface area contributed by atoms with Crippen molar-refractivity contribution in [2.75, 3.05) is 24.5 Å². The Morgan fingerprint density at radius 1 is 1.13 bits per heavy atom. The third-order valence-electron chi connectivity index (χ3n) is 6.54. The number of anilines is 1. The van der Waals surface area contributed by atoms with Gasteiger partial charge < -0.3 is 14.8 Å². The Morgan fingerprint density at radius 3 is 2.90 bits per heavy atom. The number of carbonyl (C=O) groups excluding carboxylic acids is 1. The van der Waals surface area contributed by atoms with Gasteiger partial charge in [0.1, 0.15) is 0 Å². The van der Waals surface area contributed by atoms with Crippen molar-refractivity contribution in [3.63, 3.8) is 0 Å². The summed E-state index contributed by atoms with van der Waals surface area (Å²) < 4.78 is 0. The minimum atomic E-state index is 0.0280. The summed E-state index contributed by atoms with van der Waals surface area (Å²) in [6, 6.07) is 14.4. The van der Waals surface area contributed by atoms with E-state index in [0.29, 0.717) is 5.92 Å². The third kappa shape index (κ3) is 3.38. The summed E-state index contributed by atoms with van der Waals surface area (Å²) in [4.78, 5) is 32.2. The molecule has 0 bridgehead atoms. The van der Waals surface area contributed by atoms with Gasteiger partial charge in [-0.25, -0.2) is 0 Å². The second-order valence-corrected chi connectivity index (χ2v) is 8.69. The number of nitrogens with zero attached hydrogens (tertiary/aromatic N) is 2. The van der Waals surface area contributed by atoms with Crippen LogP contribution in [-0.4, -0.2) is 35.4 Å². The van der Waals surface area contributed by atoms with Crippen LogP contribution in [0.3, 0.4) is 0 Å². The van der Waals surface area contributed by atoms with Crippen LogP contribution in [0.4, 0.5) is 5.69 Å². The lowest BCUT2D eigenvalue weighted by atomic mass is 9.98. The highest BCUT2D eigenvalue weighted by Gasteiger charge is 2.23. The summed E-state index contributed by atoms with van der Waals surface area (Å²) in [6.07, 6.45) is 4.76. The highest BCUT2D eigenvalue weighted by molar-refractivity contribution is 6.02. The van der Waals surface area contributed by atoms with Crippen molar-refractivity contribution in [3.8, 4) is 0 Å². The molecule has 1 fully saturated rings. The van der Waals surface area contributed by atoms with E-state index in [0.717, 1.165) is 72.2 Å². The summed E-state index contributed by atoms with van der Waals surface area (Å²) in [6.45, 7) is 5.46. The first kappa shape index (κ1) is 18.9. The molecule has 5 rings (SSSR count). The quantitative estimate of drug-likeness (QED) is 0.707. The number of nitrogens with one attached hydrogen (secondary N) is 1. The zero-order valence-corrected chi connectivity index (χ0v) is 17.4. The topological polar surface area (TPSA) is 56.4 Å². The third-order valence-corrected chi connectivity index (χ3v) is 6.54. The molecule has 0 aliphatic carbocycles. The first-order valence-electron chi connectivity index (χ1n) is 10.9. The van der Waals surface area contributed by atoms with Crippen LogP contribution in [0.2, 0.25) is 0 Å². The van der Waals surface area contributed by atoms with Gasteiger partial charge in [0.2, 0.25) is 0 Å². The van der Waals surface area contributed by atoms with E-state index in [2.05, 4.69) is 41.1 Å². The molecule has 154 valence electrons. The number of rotatable bonds is 2. The van der Waals surface area contributed by atoms with Crippen LogP contribution in [0.25, 0.3) is 10.8 Å². The maximum absolute atomic E-state index is 13.0. The van der Waals surface area contributed by atoms with Crippen LogP contribution in [0, 0.1) is 5.92 Å². The molecule has 3 aromatic rings. The number of carbonyl (C=O) groups is 1. The maximum atomic E-state index is 13.0. The van der Waals surface area contributed by atoms with Crippen LogP contribution in [0.5, 0.6) is 0 Å². The van der Waals surface area contributed by atoms with Crippen molar-refractivity contribution in [2.45, 2.75) is 32.7 Å². The Morgan fingerprint density at radius 2 is 2.03 bits per heavy atom. The minimum absolute atomic E-state index is 0.0280. The van der Waals surface area contributed by atoms with Crippen LogP contribution in [0.15, 0.2) is 53.5 Å². The molecule has 1 N–H and O–H groups in total. The van der Waals surface area contributed by atoms with E-state index in [1.165, 1.54) is 6.42 Å². The standard InChI is InChI=1S/C25H27N3O2/c1-17-4-3-12-28(15-17)25(30)19-7-8-21-18(14-19)5-2-6-23(21)27-13-10-22-20(16-27)9-11-26-24(22)29/h2,5-9,11,14,17H,3-4,10,12-13,15-16H2,1H3,(H,26,29). The Labute approximate surface area is 176 Å². The van der Waals surface area contributed by atoms with Crippen molar-refractivity contribution < 1.29 is 4.79 Å². The molecular weight excluding hydrogens is 374 g/mol. The molecule has 0 radical (unpaired) electrons. The van der Waals surface area contributed by atoms with Gasteiger partial charge in [-0.1, -0.05) is 25.1 Å². The van der Waals surface area contributed by atoms with Gasteiger partial charge in [-0.05, 0) is 60.4 Å². The smallest absolute Gasteiger partial charge is 0.253 e. The fourth-order valence-electron chi connectivity index (χ4n) is 4.94. The summed E-state index contributed by atoms with van der Waals surface area (Å²) in [5, 5.41) is 2.23. The fraction of sp³-hybridized carbons (Fsp3) is 0.360. The van der Waals surface area contributed by atoms with E-state index in [-0.39, 0.29) is 11.5 Å². The molecule has 1 amide bonds.